The van der Waals surface area contributed by atoms with Crippen molar-refractivity contribution < 1.29 is 33.3 Å². The predicted octanol–water partition coefficient (Wildman–Crippen LogP) is 4.29. The minimum atomic E-state index is -0.594. The molecule has 1 unspecified atom stereocenters. The number of methoxy groups -OCH3 is 2. The first kappa shape index (κ1) is 29.7. The first-order chi connectivity index (χ1) is 20.5. The van der Waals surface area contributed by atoms with Gasteiger partial charge in [-0.25, -0.2) is 9.79 Å². The lowest BCUT2D eigenvalue weighted by atomic mass is 9.93. The second kappa shape index (κ2) is 13.9. The van der Waals surface area contributed by atoms with Crippen molar-refractivity contribution in [1.29, 1.82) is 0 Å². The van der Waals surface area contributed by atoms with Crippen LogP contribution >= 0.6 is 11.8 Å². The van der Waals surface area contributed by atoms with Crippen LogP contribution in [0.25, 0.3) is 0 Å². The molecule has 10 nitrogen and oxygen atoms in total. The van der Waals surface area contributed by atoms with Gasteiger partial charge in [0.05, 0.1) is 50.7 Å². The number of rotatable bonds is 11. The minimum Gasteiger partial charge on any atom is -0.493 e. The fourth-order valence-electron chi connectivity index (χ4n) is 5.03. The molecule has 1 saturated heterocycles. The first-order valence-electron chi connectivity index (χ1n) is 13.8. The fraction of sp³-hybridized carbons (Fsp3) is 0.387. The first-order valence-corrected chi connectivity index (χ1v) is 14.7. The summed E-state index contributed by atoms with van der Waals surface area (Å²) in [5, 5.41) is 2.63. The van der Waals surface area contributed by atoms with Gasteiger partial charge in [0.1, 0.15) is 13.2 Å². The molecule has 11 heteroatoms. The summed E-state index contributed by atoms with van der Waals surface area (Å²) in [5.41, 5.74) is 3.51. The normalized spacial score (nSPS) is 18.3. The van der Waals surface area contributed by atoms with E-state index in [9.17, 15) is 9.59 Å². The van der Waals surface area contributed by atoms with E-state index in [4.69, 9.17) is 28.7 Å². The lowest BCUT2D eigenvalue weighted by molar-refractivity contribution is -0.141. The maximum atomic E-state index is 13.5. The smallest absolute Gasteiger partial charge is 0.338 e. The average Bonchev–Trinajstić information content (AvgIpc) is 3.41. The number of amides is 1. The van der Waals surface area contributed by atoms with Crippen LogP contribution in [0.2, 0.25) is 0 Å². The van der Waals surface area contributed by atoms with Crippen molar-refractivity contribution in [2.75, 3.05) is 53.7 Å². The van der Waals surface area contributed by atoms with E-state index in [-0.39, 0.29) is 25.5 Å². The summed E-state index contributed by atoms with van der Waals surface area (Å²) in [7, 11) is 3.14. The van der Waals surface area contributed by atoms with E-state index >= 15 is 0 Å². The number of esters is 1. The summed E-state index contributed by atoms with van der Waals surface area (Å²) in [6.45, 7) is 4.73. The van der Waals surface area contributed by atoms with Crippen molar-refractivity contribution in [3.63, 3.8) is 0 Å². The molecule has 2 aromatic rings. The summed E-state index contributed by atoms with van der Waals surface area (Å²) in [5.74, 6) is 0.618. The Bertz CT molecular complexity index is 1390. The third kappa shape index (κ3) is 6.64. The Balaban J connectivity index is 1.47. The number of fused-ring (bicyclic) bond motifs is 1. The largest absolute Gasteiger partial charge is 0.493 e. The van der Waals surface area contributed by atoms with Crippen molar-refractivity contribution in [1.82, 2.24) is 9.80 Å². The molecule has 3 aliphatic heterocycles. The molecular weight excluding hydrogens is 558 g/mol. The number of amidine groups is 1. The lowest BCUT2D eigenvalue weighted by Gasteiger charge is -2.37. The molecule has 3 heterocycles. The summed E-state index contributed by atoms with van der Waals surface area (Å²) < 4.78 is 27.9. The van der Waals surface area contributed by atoms with Gasteiger partial charge in [-0.3, -0.25) is 4.79 Å². The van der Waals surface area contributed by atoms with Crippen LogP contribution in [0, 0.1) is 0 Å². The van der Waals surface area contributed by atoms with E-state index in [0.717, 1.165) is 16.8 Å². The molecule has 3 aliphatic rings. The SMILES string of the molecule is COCCOC(=O)C1=C(C)N=C2SC=C(CC(=O)N3CCOCC3)N2C1c1ccc(OCc2ccccc2)c(OC)c1. The number of aliphatic imine (C=N–C) groups is 1. The topological polar surface area (TPSA) is 99.1 Å². The molecule has 1 atom stereocenters. The molecule has 0 spiro atoms. The van der Waals surface area contributed by atoms with E-state index in [2.05, 4.69) is 0 Å². The van der Waals surface area contributed by atoms with Crippen LogP contribution in [0.1, 0.15) is 30.5 Å². The highest BCUT2D eigenvalue weighted by molar-refractivity contribution is 8.16. The van der Waals surface area contributed by atoms with Gasteiger partial charge in [0.25, 0.3) is 0 Å². The molecule has 222 valence electrons. The van der Waals surface area contributed by atoms with E-state index in [0.29, 0.717) is 60.8 Å². The Labute approximate surface area is 249 Å². The van der Waals surface area contributed by atoms with Gasteiger partial charge in [0, 0.05) is 25.9 Å². The number of hydrogen-bond acceptors (Lipinski definition) is 10. The number of morpholine rings is 1. The van der Waals surface area contributed by atoms with Crippen molar-refractivity contribution >= 4 is 28.8 Å². The summed E-state index contributed by atoms with van der Waals surface area (Å²) >= 11 is 1.44. The molecule has 1 fully saturated rings. The van der Waals surface area contributed by atoms with Gasteiger partial charge in [0.2, 0.25) is 5.91 Å². The zero-order valence-electron chi connectivity index (χ0n) is 24.0. The van der Waals surface area contributed by atoms with Crippen molar-refractivity contribution in [2.24, 2.45) is 4.99 Å². The van der Waals surface area contributed by atoms with Crippen molar-refractivity contribution in [3.8, 4) is 11.5 Å². The molecule has 1 amide bonds. The number of carbonyl (C=O) groups excluding carboxylic acids is 2. The lowest BCUT2D eigenvalue weighted by Crippen LogP contribution is -2.42. The van der Waals surface area contributed by atoms with E-state index in [1.54, 1.807) is 21.1 Å². The van der Waals surface area contributed by atoms with Crippen LogP contribution in [-0.4, -0.2) is 80.6 Å². The maximum absolute atomic E-state index is 13.5. The van der Waals surface area contributed by atoms with Gasteiger partial charge in [0.15, 0.2) is 16.7 Å². The number of benzene rings is 2. The molecule has 0 N–H and O–H groups in total. The summed E-state index contributed by atoms with van der Waals surface area (Å²) in [6.07, 6.45) is 0.170. The molecule has 0 radical (unpaired) electrons. The third-order valence-corrected chi connectivity index (χ3v) is 8.07. The number of carbonyl (C=O) groups is 2. The van der Waals surface area contributed by atoms with Gasteiger partial charge in [-0.1, -0.05) is 48.2 Å². The van der Waals surface area contributed by atoms with Crippen LogP contribution in [-0.2, 0) is 30.4 Å². The molecule has 0 aliphatic carbocycles. The zero-order chi connectivity index (χ0) is 29.5. The molecule has 0 bridgehead atoms. The Morgan fingerprint density at radius 3 is 2.57 bits per heavy atom. The fourth-order valence-corrected chi connectivity index (χ4v) is 5.99. The number of allylic oxidation sites excluding steroid dienone is 1. The highest BCUT2D eigenvalue weighted by atomic mass is 32.2. The molecule has 5 rings (SSSR count). The van der Waals surface area contributed by atoms with Crippen LogP contribution in [0.3, 0.4) is 0 Å². The molecule has 0 saturated carbocycles. The van der Waals surface area contributed by atoms with Gasteiger partial charge >= 0.3 is 5.97 Å². The Kier molecular flexibility index (Phi) is 9.83. The second-order valence-electron chi connectivity index (χ2n) is 9.88. The number of nitrogens with zero attached hydrogens (tertiary/aromatic N) is 3. The Morgan fingerprint density at radius 2 is 1.83 bits per heavy atom. The summed E-state index contributed by atoms with van der Waals surface area (Å²) in [4.78, 5) is 35.3. The number of ether oxygens (including phenoxy) is 5. The minimum absolute atomic E-state index is 0.00267. The van der Waals surface area contributed by atoms with E-state index < -0.39 is 12.0 Å². The van der Waals surface area contributed by atoms with E-state index in [1.807, 2.05) is 63.7 Å². The maximum Gasteiger partial charge on any atom is 0.338 e. The third-order valence-electron chi connectivity index (χ3n) is 7.18. The predicted molar refractivity (Wildman–Crippen MR) is 159 cm³/mol. The van der Waals surface area contributed by atoms with E-state index in [1.165, 1.54) is 11.8 Å². The molecule has 0 aromatic heterocycles. The van der Waals surface area contributed by atoms with Crippen LogP contribution in [0.5, 0.6) is 11.5 Å². The molecule has 42 heavy (non-hydrogen) atoms. The van der Waals surface area contributed by atoms with Gasteiger partial charge in [-0.2, -0.15) is 0 Å². The highest BCUT2D eigenvalue weighted by Crippen LogP contribution is 2.46. The number of thioether (sulfide) groups is 1. The number of hydrogen-bond donors (Lipinski definition) is 0. The van der Waals surface area contributed by atoms with Gasteiger partial charge in [-0.05, 0) is 35.6 Å². The quantitative estimate of drug-likeness (QED) is 0.279. The highest BCUT2D eigenvalue weighted by Gasteiger charge is 2.42. The standard InChI is InChI=1S/C31H35N3O7S/c1-21-28(30(36)40-16-15-37-2)29(23-9-10-25(26(17-23)38-3)41-19-22-7-5-4-6-8-22)34-24(20-42-31(34)32-21)18-27(35)33-11-13-39-14-12-33/h4-10,17,20,29H,11-16,18-19H2,1-3H3. The van der Waals surface area contributed by atoms with Crippen LogP contribution < -0.4 is 9.47 Å². The Morgan fingerprint density at radius 1 is 1.05 bits per heavy atom. The summed E-state index contributed by atoms with van der Waals surface area (Å²) in [6, 6.07) is 14.9. The van der Waals surface area contributed by atoms with Crippen LogP contribution in [0.4, 0.5) is 0 Å². The second-order valence-corrected chi connectivity index (χ2v) is 10.7. The average molecular weight is 594 g/mol. The van der Waals surface area contributed by atoms with Crippen LogP contribution in [0.15, 0.2) is 75.9 Å². The van der Waals surface area contributed by atoms with Gasteiger partial charge in [-0.15, -0.1) is 0 Å². The van der Waals surface area contributed by atoms with Gasteiger partial charge < -0.3 is 33.5 Å². The zero-order valence-corrected chi connectivity index (χ0v) is 24.9. The molecule has 2 aromatic carbocycles. The van der Waals surface area contributed by atoms with Crippen molar-refractivity contribution in [3.05, 3.63) is 82.0 Å². The monoisotopic (exact) mass is 593 g/mol. The Hall–Kier alpha value is -3.80. The van der Waals surface area contributed by atoms with Crippen molar-refractivity contribution in [2.45, 2.75) is 26.0 Å². The molecular formula is C31H35N3O7S.